The number of amides is 1. The summed E-state index contributed by atoms with van der Waals surface area (Å²) < 4.78 is 0. The maximum Gasteiger partial charge on any atom is 0.329 e. The van der Waals surface area contributed by atoms with Crippen LogP contribution in [0, 0.1) is 11.8 Å². The summed E-state index contributed by atoms with van der Waals surface area (Å²) in [6, 6.07) is 0. The van der Waals surface area contributed by atoms with E-state index in [4.69, 9.17) is 0 Å². The molecule has 0 bridgehead atoms. The highest BCUT2D eigenvalue weighted by molar-refractivity contribution is 5.87. The van der Waals surface area contributed by atoms with Crippen molar-refractivity contribution in [1.29, 1.82) is 0 Å². The summed E-state index contributed by atoms with van der Waals surface area (Å²) in [5.74, 6) is 0.161. The molecule has 108 valence electrons. The van der Waals surface area contributed by atoms with E-state index in [2.05, 4.69) is 5.32 Å². The predicted octanol–water partition coefficient (Wildman–Crippen LogP) is 2.72. The molecule has 2 rings (SSSR count). The Hall–Kier alpha value is -1.06. The molecule has 19 heavy (non-hydrogen) atoms. The third-order valence-corrected chi connectivity index (χ3v) is 4.96. The number of carboxylic acids is 1. The number of nitrogens with one attached hydrogen (secondary N) is 1. The van der Waals surface area contributed by atoms with E-state index >= 15 is 0 Å². The van der Waals surface area contributed by atoms with Crippen molar-refractivity contribution in [3.05, 3.63) is 0 Å². The summed E-state index contributed by atoms with van der Waals surface area (Å²) in [5, 5.41) is 12.4. The Kier molecular flexibility index (Phi) is 4.48. The van der Waals surface area contributed by atoms with Crippen LogP contribution in [0.2, 0.25) is 0 Å². The Labute approximate surface area is 115 Å². The highest BCUT2D eigenvalue weighted by Crippen LogP contribution is 2.42. The number of hydrogen-bond acceptors (Lipinski definition) is 2. The molecule has 2 saturated carbocycles. The molecule has 0 aromatic carbocycles. The largest absolute Gasteiger partial charge is 0.480 e. The first-order chi connectivity index (χ1) is 9.07. The Morgan fingerprint density at radius 1 is 1.16 bits per heavy atom. The average Bonchev–Trinajstić information content (AvgIpc) is 2.92. The number of carboxylic acid groups (broad SMARTS) is 1. The van der Waals surface area contributed by atoms with E-state index in [0.29, 0.717) is 31.1 Å². The zero-order valence-electron chi connectivity index (χ0n) is 11.8. The second-order valence-corrected chi connectivity index (χ2v) is 6.19. The summed E-state index contributed by atoms with van der Waals surface area (Å²) >= 11 is 0. The van der Waals surface area contributed by atoms with E-state index in [1.807, 2.05) is 0 Å². The van der Waals surface area contributed by atoms with Gasteiger partial charge in [-0.05, 0) is 31.1 Å². The zero-order chi connectivity index (χ0) is 13.9. The minimum Gasteiger partial charge on any atom is -0.480 e. The summed E-state index contributed by atoms with van der Waals surface area (Å²) in [5.41, 5.74) is -1.00. The van der Waals surface area contributed by atoms with Gasteiger partial charge in [0.15, 0.2) is 0 Å². The van der Waals surface area contributed by atoms with Gasteiger partial charge >= 0.3 is 5.97 Å². The molecule has 0 aromatic rings. The lowest BCUT2D eigenvalue weighted by atomic mass is 9.70. The second kappa shape index (κ2) is 5.93. The van der Waals surface area contributed by atoms with E-state index in [0.717, 1.165) is 12.8 Å². The molecule has 0 aliphatic heterocycles. The van der Waals surface area contributed by atoms with E-state index in [-0.39, 0.29) is 5.91 Å². The van der Waals surface area contributed by atoms with Crippen molar-refractivity contribution in [2.45, 2.75) is 70.3 Å². The number of carbonyl (C=O) groups excluding carboxylic acids is 1. The molecule has 0 aromatic heterocycles. The molecule has 4 nitrogen and oxygen atoms in total. The predicted molar refractivity (Wildman–Crippen MR) is 72.7 cm³/mol. The molecule has 0 spiro atoms. The van der Waals surface area contributed by atoms with Crippen LogP contribution in [0.4, 0.5) is 0 Å². The average molecular weight is 267 g/mol. The highest BCUT2D eigenvalue weighted by Gasteiger charge is 2.45. The van der Waals surface area contributed by atoms with Crippen molar-refractivity contribution in [2.24, 2.45) is 11.8 Å². The SMILES string of the molecule is CCC(=O)NC1(C(=O)O)CCCC(C2CCCC2)C1. The van der Waals surface area contributed by atoms with E-state index in [1.165, 1.54) is 25.7 Å². The van der Waals surface area contributed by atoms with E-state index in [1.54, 1.807) is 6.92 Å². The molecule has 2 aliphatic rings. The van der Waals surface area contributed by atoms with Gasteiger partial charge < -0.3 is 10.4 Å². The fourth-order valence-corrected chi connectivity index (χ4v) is 3.87. The van der Waals surface area contributed by atoms with Gasteiger partial charge in [-0.2, -0.15) is 0 Å². The molecule has 2 fully saturated rings. The van der Waals surface area contributed by atoms with Crippen LogP contribution in [-0.2, 0) is 9.59 Å². The minimum atomic E-state index is -1.00. The van der Waals surface area contributed by atoms with Gasteiger partial charge in [-0.1, -0.05) is 39.0 Å². The summed E-state index contributed by atoms with van der Waals surface area (Å²) in [6.07, 6.45) is 8.63. The van der Waals surface area contributed by atoms with Crippen LogP contribution >= 0.6 is 0 Å². The van der Waals surface area contributed by atoms with E-state index < -0.39 is 11.5 Å². The van der Waals surface area contributed by atoms with E-state index in [9.17, 15) is 14.7 Å². The Morgan fingerprint density at radius 2 is 1.79 bits per heavy atom. The summed E-state index contributed by atoms with van der Waals surface area (Å²) in [7, 11) is 0. The number of hydrogen-bond donors (Lipinski definition) is 2. The standard InChI is InChI=1S/C15H25NO3/c1-2-13(17)16-15(14(18)19)9-5-8-12(10-15)11-6-3-4-7-11/h11-12H,2-10H2,1H3,(H,16,17)(H,18,19). The monoisotopic (exact) mass is 267 g/mol. The zero-order valence-corrected chi connectivity index (χ0v) is 11.8. The molecular formula is C15H25NO3. The lowest BCUT2D eigenvalue weighted by molar-refractivity contribution is -0.150. The van der Waals surface area contributed by atoms with Crippen molar-refractivity contribution >= 4 is 11.9 Å². The number of aliphatic carboxylic acids is 1. The third-order valence-electron chi connectivity index (χ3n) is 4.96. The molecular weight excluding hydrogens is 242 g/mol. The molecule has 1 amide bonds. The molecule has 2 aliphatic carbocycles. The fourth-order valence-electron chi connectivity index (χ4n) is 3.87. The number of rotatable bonds is 4. The third kappa shape index (κ3) is 3.10. The van der Waals surface area contributed by atoms with Crippen LogP contribution in [0.5, 0.6) is 0 Å². The molecule has 2 atom stereocenters. The van der Waals surface area contributed by atoms with Crippen molar-refractivity contribution in [3.8, 4) is 0 Å². The van der Waals surface area contributed by atoms with Gasteiger partial charge in [0.05, 0.1) is 0 Å². The van der Waals surface area contributed by atoms with Crippen molar-refractivity contribution in [1.82, 2.24) is 5.32 Å². The highest BCUT2D eigenvalue weighted by atomic mass is 16.4. The van der Waals surface area contributed by atoms with Crippen LogP contribution in [0.25, 0.3) is 0 Å². The maximum atomic E-state index is 11.7. The van der Waals surface area contributed by atoms with Gasteiger partial charge in [-0.3, -0.25) is 4.79 Å². The first-order valence-corrected chi connectivity index (χ1v) is 7.62. The minimum absolute atomic E-state index is 0.144. The maximum absolute atomic E-state index is 11.7. The summed E-state index contributed by atoms with van der Waals surface area (Å²) in [6.45, 7) is 1.77. The Morgan fingerprint density at radius 3 is 2.37 bits per heavy atom. The normalized spacial score (nSPS) is 32.2. The topological polar surface area (TPSA) is 66.4 Å². The first kappa shape index (κ1) is 14.4. The lowest BCUT2D eigenvalue weighted by Gasteiger charge is -2.40. The van der Waals surface area contributed by atoms with Crippen LogP contribution < -0.4 is 5.32 Å². The number of carbonyl (C=O) groups is 2. The molecule has 2 unspecified atom stereocenters. The quantitative estimate of drug-likeness (QED) is 0.823. The molecule has 4 heteroatoms. The second-order valence-electron chi connectivity index (χ2n) is 6.19. The Balaban J connectivity index is 2.09. The molecule has 0 saturated heterocycles. The van der Waals surface area contributed by atoms with Crippen LogP contribution in [0.1, 0.15) is 64.7 Å². The van der Waals surface area contributed by atoms with Crippen molar-refractivity contribution in [3.63, 3.8) is 0 Å². The fraction of sp³-hybridized carbons (Fsp3) is 0.867. The van der Waals surface area contributed by atoms with Gasteiger partial charge in [0.1, 0.15) is 5.54 Å². The van der Waals surface area contributed by atoms with Gasteiger partial charge in [0, 0.05) is 6.42 Å². The van der Waals surface area contributed by atoms with Gasteiger partial charge in [0.2, 0.25) is 5.91 Å². The van der Waals surface area contributed by atoms with Crippen LogP contribution in [0.15, 0.2) is 0 Å². The van der Waals surface area contributed by atoms with Gasteiger partial charge in [0.25, 0.3) is 0 Å². The van der Waals surface area contributed by atoms with Crippen LogP contribution in [-0.4, -0.2) is 22.5 Å². The molecule has 0 heterocycles. The molecule has 2 N–H and O–H groups in total. The first-order valence-electron chi connectivity index (χ1n) is 7.62. The van der Waals surface area contributed by atoms with Gasteiger partial charge in [-0.15, -0.1) is 0 Å². The van der Waals surface area contributed by atoms with Crippen molar-refractivity contribution in [2.75, 3.05) is 0 Å². The summed E-state index contributed by atoms with van der Waals surface area (Å²) in [4.78, 5) is 23.3. The van der Waals surface area contributed by atoms with Gasteiger partial charge in [-0.25, -0.2) is 4.79 Å². The Bertz CT molecular complexity index is 349. The van der Waals surface area contributed by atoms with Crippen molar-refractivity contribution < 1.29 is 14.7 Å². The molecule has 0 radical (unpaired) electrons. The van der Waals surface area contributed by atoms with Crippen LogP contribution in [0.3, 0.4) is 0 Å². The smallest absolute Gasteiger partial charge is 0.329 e. The lowest BCUT2D eigenvalue weighted by Crippen LogP contribution is -2.57.